The van der Waals surface area contributed by atoms with Crippen LogP contribution in [-0.4, -0.2) is 37.5 Å². The Kier molecular flexibility index (Phi) is 7.38. The van der Waals surface area contributed by atoms with Gasteiger partial charge in [0, 0.05) is 23.5 Å². The molecule has 28 heavy (non-hydrogen) atoms. The zero-order chi connectivity index (χ0) is 20.5. The fraction of sp³-hybridized carbons (Fsp3) is 0.250. The molecule has 0 aliphatic heterocycles. The number of carbonyl (C=O) groups is 3. The summed E-state index contributed by atoms with van der Waals surface area (Å²) in [5.41, 5.74) is 1.78. The maximum Gasteiger partial charge on any atom is 0.321 e. The maximum absolute atomic E-state index is 12.3. The molecule has 0 radical (unpaired) electrons. The molecular weight excluding hydrogens is 360 g/mol. The fourth-order valence-electron chi connectivity index (χ4n) is 2.34. The number of carbonyl (C=O) groups excluding carboxylic acids is 3. The van der Waals surface area contributed by atoms with E-state index >= 15 is 0 Å². The largest absolute Gasteiger partial charge is 0.497 e. The summed E-state index contributed by atoms with van der Waals surface area (Å²) in [6.07, 6.45) is 0. The van der Waals surface area contributed by atoms with Crippen LogP contribution in [0.15, 0.2) is 48.5 Å². The molecule has 0 bridgehead atoms. The first-order chi connectivity index (χ1) is 13.4. The average molecular weight is 384 g/mol. The van der Waals surface area contributed by atoms with Crippen LogP contribution >= 0.6 is 0 Å². The molecule has 0 saturated carbocycles. The van der Waals surface area contributed by atoms with E-state index in [0.717, 1.165) is 0 Å². The first kappa shape index (κ1) is 20.8. The molecule has 0 aromatic heterocycles. The molecule has 2 aromatic carbocycles. The van der Waals surface area contributed by atoms with Gasteiger partial charge in [0.25, 0.3) is 5.91 Å². The summed E-state index contributed by atoms with van der Waals surface area (Å²) >= 11 is 0. The highest BCUT2D eigenvalue weighted by atomic mass is 16.5. The van der Waals surface area contributed by atoms with Gasteiger partial charge in [-0.05, 0) is 62.4 Å². The zero-order valence-corrected chi connectivity index (χ0v) is 16.0. The molecule has 1 unspecified atom stereocenters. The van der Waals surface area contributed by atoms with Crippen LogP contribution in [0.5, 0.6) is 5.75 Å². The number of urea groups is 1. The van der Waals surface area contributed by atoms with Crippen LogP contribution < -0.4 is 26.0 Å². The molecule has 1 atom stereocenters. The molecule has 4 amide bonds. The second-order valence-corrected chi connectivity index (χ2v) is 5.97. The number of ether oxygens (including phenoxy) is 1. The third kappa shape index (κ3) is 6.01. The van der Waals surface area contributed by atoms with Gasteiger partial charge in [0.1, 0.15) is 11.8 Å². The Hall–Kier alpha value is -3.55. The van der Waals surface area contributed by atoms with Gasteiger partial charge in [-0.1, -0.05) is 0 Å². The van der Waals surface area contributed by atoms with Crippen LogP contribution in [0.3, 0.4) is 0 Å². The second-order valence-electron chi connectivity index (χ2n) is 5.97. The molecule has 0 aliphatic carbocycles. The number of methoxy groups -OCH3 is 1. The molecule has 0 heterocycles. The van der Waals surface area contributed by atoms with Gasteiger partial charge in [-0.2, -0.15) is 0 Å². The summed E-state index contributed by atoms with van der Waals surface area (Å²) in [7, 11) is 1.58. The van der Waals surface area contributed by atoms with Crippen molar-refractivity contribution in [2.24, 2.45) is 0 Å². The van der Waals surface area contributed by atoms with Gasteiger partial charge in [0.2, 0.25) is 5.91 Å². The summed E-state index contributed by atoms with van der Waals surface area (Å²) in [6.45, 7) is 3.83. The van der Waals surface area contributed by atoms with Crippen LogP contribution in [0.2, 0.25) is 0 Å². The monoisotopic (exact) mass is 384 g/mol. The van der Waals surface area contributed by atoms with E-state index in [1.54, 1.807) is 69.5 Å². The van der Waals surface area contributed by atoms with Gasteiger partial charge in [0.05, 0.1) is 7.11 Å². The number of amides is 4. The Morgan fingerprint density at radius 1 is 0.964 bits per heavy atom. The molecule has 0 fully saturated rings. The van der Waals surface area contributed by atoms with Gasteiger partial charge in [-0.15, -0.1) is 0 Å². The van der Waals surface area contributed by atoms with Gasteiger partial charge >= 0.3 is 6.03 Å². The number of rotatable bonds is 7. The van der Waals surface area contributed by atoms with Crippen LogP contribution in [-0.2, 0) is 4.79 Å². The quantitative estimate of drug-likeness (QED) is 0.587. The standard InChI is InChI=1S/C20H24N4O4/c1-4-21-20(27)24-18(25)13(2)22-15-7-5-14(6-8-15)19(26)23-16-9-11-17(28-3)12-10-16/h5-13,22H,4H2,1-3H3,(H,23,26)(H2,21,24,25,27). The third-order valence-corrected chi connectivity index (χ3v) is 3.85. The lowest BCUT2D eigenvalue weighted by molar-refractivity contribution is -0.120. The number of imide groups is 1. The van der Waals surface area contributed by atoms with Gasteiger partial charge in [0.15, 0.2) is 0 Å². The molecule has 4 N–H and O–H groups in total. The highest BCUT2D eigenvalue weighted by molar-refractivity contribution is 6.04. The molecular formula is C20H24N4O4. The Morgan fingerprint density at radius 2 is 1.57 bits per heavy atom. The lowest BCUT2D eigenvalue weighted by Crippen LogP contribution is -2.45. The van der Waals surface area contributed by atoms with Crippen LogP contribution in [0.1, 0.15) is 24.2 Å². The second kappa shape index (κ2) is 9.96. The van der Waals surface area contributed by atoms with Crippen molar-refractivity contribution in [1.82, 2.24) is 10.6 Å². The normalized spacial score (nSPS) is 11.1. The Bertz CT molecular complexity index is 819. The van der Waals surface area contributed by atoms with Gasteiger partial charge in [-0.3, -0.25) is 14.9 Å². The summed E-state index contributed by atoms with van der Waals surface area (Å²) < 4.78 is 5.08. The van der Waals surface area contributed by atoms with Crippen LogP contribution in [0, 0.1) is 0 Å². The number of anilines is 2. The Morgan fingerprint density at radius 3 is 2.14 bits per heavy atom. The molecule has 0 spiro atoms. The third-order valence-electron chi connectivity index (χ3n) is 3.85. The van der Waals surface area contributed by atoms with Crippen molar-refractivity contribution in [3.8, 4) is 5.75 Å². The topological polar surface area (TPSA) is 109 Å². The van der Waals surface area contributed by atoms with Crippen LogP contribution in [0.25, 0.3) is 0 Å². The van der Waals surface area contributed by atoms with E-state index < -0.39 is 18.0 Å². The van der Waals surface area contributed by atoms with E-state index in [9.17, 15) is 14.4 Å². The molecule has 0 aliphatic rings. The van der Waals surface area contributed by atoms with Gasteiger partial charge < -0.3 is 20.7 Å². The lowest BCUT2D eigenvalue weighted by Gasteiger charge is -2.15. The summed E-state index contributed by atoms with van der Waals surface area (Å²) in [5, 5.41) is 10.5. The Balaban J connectivity index is 1.91. The van der Waals surface area contributed by atoms with E-state index in [-0.39, 0.29) is 5.91 Å². The van der Waals surface area contributed by atoms with E-state index in [4.69, 9.17) is 4.74 Å². The number of benzene rings is 2. The molecule has 8 heteroatoms. The zero-order valence-electron chi connectivity index (χ0n) is 16.0. The highest BCUT2D eigenvalue weighted by Crippen LogP contribution is 2.17. The minimum Gasteiger partial charge on any atom is -0.497 e. The molecule has 0 saturated heterocycles. The number of hydrogen-bond donors (Lipinski definition) is 4. The predicted octanol–water partition coefficient (Wildman–Crippen LogP) is 2.59. The summed E-state index contributed by atoms with van der Waals surface area (Å²) in [6, 6.07) is 12.5. The van der Waals surface area contributed by atoms with Crippen molar-refractivity contribution in [2.45, 2.75) is 19.9 Å². The minimum absolute atomic E-state index is 0.251. The summed E-state index contributed by atoms with van der Waals surface area (Å²) in [4.78, 5) is 35.7. The maximum atomic E-state index is 12.3. The predicted molar refractivity (Wildman–Crippen MR) is 108 cm³/mol. The van der Waals surface area contributed by atoms with Crippen molar-refractivity contribution < 1.29 is 19.1 Å². The molecule has 8 nitrogen and oxygen atoms in total. The fourth-order valence-corrected chi connectivity index (χ4v) is 2.34. The van der Waals surface area contributed by atoms with Crippen molar-refractivity contribution in [3.63, 3.8) is 0 Å². The minimum atomic E-state index is -0.624. The van der Waals surface area contributed by atoms with Crippen molar-refractivity contribution in [2.75, 3.05) is 24.3 Å². The molecule has 2 rings (SSSR count). The smallest absolute Gasteiger partial charge is 0.321 e. The number of nitrogens with one attached hydrogen (secondary N) is 4. The Labute approximate surface area is 163 Å². The van der Waals surface area contributed by atoms with Crippen LogP contribution in [0.4, 0.5) is 16.2 Å². The van der Waals surface area contributed by atoms with E-state index in [1.165, 1.54) is 0 Å². The van der Waals surface area contributed by atoms with Gasteiger partial charge in [-0.25, -0.2) is 4.79 Å². The summed E-state index contributed by atoms with van der Waals surface area (Å²) in [5.74, 6) is 0.00442. The molecule has 2 aromatic rings. The first-order valence-corrected chi connectivity index (χ1v) is 8.83. The van der Waals surface area contributed by atoms with Crippen molar-refractivity contribution >= 4 is 29.2 Å². The van der Waals surface area contributed by atoms with E-state index in [1.807, 2.05) is 0 Å². The number of hydrogen-bond acceptors (Lipinski definition) is 5. The van der Waals surface area contributed by atoms with E-state index in [2.05, 4.69) is 21.3 Å². The van der Waals surface area contributed by atoms with Crippen molar-refractivity contribution in [3.05, 3.63) is 54.1 Å². The first-order valence-electron chi connectivity index (χ1n) is 8.83. The SMILES string of the molecule is CCNC(=O)NC(=O)C(C)Nc1ccc(C(=O)Nc2ccc(OC)cc2)cc1. The molecule has 148 valence electrons. The van der Waals surface area contributed by atoms with E-state index in [0.29, 0.717) is 29.2 Å². The highest BCUT2D eigenvalue weighted by Gasteiger charge is 2.15. The van der Waals surface area contributed by atoms with Crippen molar-refractivity contribution in [1.29, 1.82) is 0 Å². The average Bonchev–Trinajstić information content (AvgIpc) is 2.69. The lowest BCUT2D eigenvalue weighted by atomic mass is 10.1.